The molecule has 1 heterocycles. The fourth-order valence-corrected chi connectivity index (χ4v) is 3.71. The van der Waals surface area contributed by atoms with E-state index in [1.54, 1.807) is 14.0 Å². The number of amides is 1. The maximum atomic E-state index is 14.6. The lowest BCUT2D eigenvalue weighted by atomic mass is 9.97. The Balaban J connectivity index is 2.25. The van der Waals surface area contributed by atoms with E-state index in [4.69, 9.17) is 0 Å². The Morgan fingerprint density at radius 2 is 1.85 bits per heavy atom. The molecule has 0 atom stereocenters. The fourth-order valence-electron chi connectivity index (χ4n) is 3.71. The highest BCUT2D eigenvalue weighted by atomic mass is 19.1. The number of anilines is 2. The molecule has 2 N–H and O–H groups in total. The summed E-state index contributed by atoms with van der Waals surface area (Å²) in [5, 5.41) is 6.35. The van der Waals surface area contributed by atoms with E-state index in [9.17, 15) is 13.6 Å². The van der Waals surface area contributed by atoms with Crippen molar-refractivity contribution >= 4 is 23.6 Å². The van der Waals surface area contributed by atoms with Crippen LogP contribution in [0, 0.1) is 25.5 Å². The summed E-state index contributed by atoms with van der Waals surface area (Å²) >= 11 is 0. The van der Waals surface area contributed by atoms with Crippen molar-refractivity contribution in [3.63, 3.8) is 0 Å². The molecule has 8 heteroatoms. The molecule has 178 valence electrons. The van der Waals surface area contributed by atoms with Gasteiger partial charge in [0.15, 0.2) is 0 Å². The van der Waals surface area contributed by atoms with Gasteiger partial charge in [-0.3, -0.25) is 9.69 Å². The number of halogens is 2. The van der Waals surface area contributed by atoms with Crippen molar-refractivity contribution in [2.75, 3.05) is 18.5 Å². The number of hydrogen-bond acceptors (Lipinski definition) is 5. The van der Waals surface area contributed by atoms with Gasteiger partial charge in [0.25, 0.3) is 0 Å². The first-order valence-corrected chi connectivity index (χ1v) is 11.1. The minimum absolute atomic E-state index is 0.114. The van der Waals surface area contributed by atoms with Gasteiger partial charge in [-0.25, -0.2) is 18.7 Å². The molecule has 0 aliphatic carbocycles. The van der Waals surface area contributed by atoms with Crippen LogP contribution in [0.3, 0.4) is 0 Å². The van der Waals surface area contributed by atoms with Crippen LogP contribution in [-0.4, -0.2) is 30.0 Å². The zero-order valence-corrected chi connectivity index (χ0v) is 19.9. The maximum Gasteiger partial charge on any atom is 0.220 e. The molecular weight excluding hydrogens is 436 g/mol. The number of nitrogens with zero attached hydrogens (tertiary/aromatic N) is 3. The number of aromatic nitrogens is 2. The second-order valence-electron chi connectivity index (χ2n) is 7.93. The average Bonchev–Trinajstić information content (AvgIpc) is 2.81. The topological polar surface area (TPSA) is 70.2 Å². The van der Waals surface area contributed by atoms with E-state index in [-0.39, 0.29) is 12.4 Å². The summed E-state index contributed by atoms with van der Waals surface area (Å²) in [6.45, 7) is 10.9. The van der Waals surface area contributed by atoms with Crippen molar-refractivity contribution in [3.05, 3.63) is 77.1 Å². The molecule has 0 aliphatic rings. The van der Waals surface area contributed by atoms with Crippen molar-refractivity contribution in [1.82, 2.24) is 20.6 Å². The van der Waals surface area contributed by atoms with Gasteiger partial charge < -0.3 is 10.6 Å². The SMILES string of the molecule is C=C(NCCC)c1ccc(C)c(-c2nc(C)nc(N(C=O)c3c(F)cccc3F)c2CNC)c1. The molecule has 0 unspecified atom stereocenters. The molecule has 1 aromatic heterocycles. The number of carbonyl (C=O) groups is 1. The lowest BCUT2D eigenvalue weighted by Crippen LogP contribution is -2.23. The number of para-hydroxylation sites is 1. The van der Waals surface area contributed by atoms with E-state index in [1.165, 1.54) is 6.07 Å². The molecule has 34 heavy (non-hydrogen) atoms. The quantitative estimate of drug-likeness (QED) is 0.412. The molecule has 0 radical (unpaired) electrons. The molecule has 3 aromatic rings. The van der Waals surface area contributed by atoms with Gasteiger partial charge in [-0.05, 0) is 56.6 Å². The number of aryl methyl sites for hydroxylation is 2. The van der Waals surface area contributed by atoms with Gasteiger partial charge in [0.1, 0.15) is 29.0 Å². The molecule has 0 saturated heterocycles. The molecule has 0 bridgehead atoms. The smallest absolute Gasteiger partial charge is 0.220 e. The van der Waals surface area contributed by atoms with Crippen LogP contribution in [0.4, 0.5) is 20.3 Å². The van der Waals surface area contributed by atoms with E-state index in [0.29, 0.717) is 23.5 Å². The van der Waals surface area contributed by atoms with Crippen LogP contribution >= 0.6 is 0 Å². The van der Waals surface area contributed by atoms with Crippen LogP contribution < -0.4 is 15.5 Å². The zero-order chi connectivity index (χ0) is 24.8. The number of hydrogen-bond donors (Lipinski definition) is 2. The molecular formula is C26H29F2N5O. The van der Waals surface area contributed by atoms with E-state index in [0.717, 1.165) is 52.4 Å². The Labute approximate surface area is 198 Å². The highest BCUT2D eigenvalue weighted by molar-refractivity contribution is 5.89. The van der Waals surface area contributed by atoms with Crippen molar-refractivity contribution in [1.29, 1.82) is 0 Å². The molecule has 0 aliphatic heterocycles. The number of nitrogens with one attached hydrogen (secondary N) is 2. The Hall–Kier alpha value is -3.65. The second-order valence-corrected chi connectivity index (χ2v) is 7.93. The number of carbonyl (C=O) groups excluding carboxylic acids is 1. The summed E-state index contributed by atoms with van der Waals surface area (Å²) in [6.07, 6.45) is 1.33. The largest absolute Gasteiger partial charge is 0.385 e. The van der Waals surface area contributed by atoms with E-state index in [2.05, 4.69) is 34.1 Å². The van der Waals surface area contributed by atoms with Gasteiger partial charge >= 0.3 is 0 Å². The second kappa shape index (κ2) is 11.0. The predicted octanol–water partition coefficient (Wildman–Crippen LogP) is 5.02. The van der Waals surface area contributed by atoms with Gasteiger partial charge in [-0.2, -0.15) is 0 Å². The van der Waals surface area contributed by atoms with Crippen LogP contribution in [0.25, 0.3) is 17.0 Å². The number of benzene rings is 2. The molecule has 3 rings (SSSR count). The first-order valence-electron chi connectivity index (χ1n) is 11.1. The third-order valence-electron chi connectivity index (χ3n) is 5.39. The Morgan fingerprint density at radius 1 is 1.15 bits per heavy atom. The summed E-state index contributed by atoms with van der Waals surface area (Å²) in [6, 6.07) is 9.37. The van der Waals surface area contributed by atoms with Crippen molar-refractivity contribution in [3.8, 4) is 11.3 Å². The standard InChI is InChI=1S/C26H29F2N5O/c1-6-12-30-17(3)19-11-10-16(2)20(13-19)24-21(14-29-5)26(32-18(4)31-24)33(15-34)25-22(27)8-7-9-23(25)28/h7-11,13,15,29-30H,3,6,12,14H2,1-2,4-5H3. The van der Waals surface area contributed by atoms with Crippen molar-refractivity contribution in [2.24, 2.45) is 0 Å². The van der Waals surface area contributed by atoms with Gasteiger partial charge in [-0.15, -0.1) is 0 Å². The fraction of sp³-hybridized carbons (Fsp3) is 0.269. The minimum atomic E-state index is -0.864. The van der Waals surface area contributed by atoms with Gasteiger partial charge in [0.2, 0.25) is 6.41 Å². The van der Waals surface area contributed by atoms with Gasteiger partial charge in [0.05, 0.1) is 5.69 Å². The summed E-state index contributed by atoms with van der Waals surface area (Å²) in [7, 11) is 1.74. The first kappa shape index (κ1) is 25.0. The van der Waals surface area contributed by atoms with E-state index < -0.39 is 17.3 Å². The third-order valence-corrected chi connectivity index (χ3v) is 5.39. The van der Waals surface area contributed by atoms with Crippen LogP contribution in [-0.2, 0) is 11.3 Å². The first-order chi connectivity index (χ1) is 16.3. The van der Waals surface area contributed by atoms with E-state index in [1.807, 2.05) is 25.1 Å². The van der Waals surface area contributed by atoms with E-state index >= 15 is 0 Å². The van der Waals surface area contributed by atoms with Crippen LogP contribution in [0.5, 0.6) is 0 Å². The monoisotopic (exact) mass is 465 g/mol. The van der Waals surface area contributed by atoms with Gasteiger partial charge in [-0.1, -0.05) is 31.7 Å². The Bertz CT molecular complexity index is 1190. The van der Waals surface area contributed by atoms with Gasteiger partial charge in [0, 0.05) is 29.9 Å². The molecule has 6 nitrogen and oxygen atoms in total. The Kier molecular flexibility index (Phi) is 8.07. The lowest BCUT2D eigenvalue weighted by Gasteiger charge is -2.23. The molecule has 0 spiro atoms. The summed E-state index contributed by atoms with van der Waals surface area (Å²) in [5.74, 6) is -1.25. The molecule has 0 fully saturated rings. The zero-order valence-electron chi connectivity index (χ0n) is 19.9. The maximum absolute atomic E-state index is 14.6. The molecule has 1 amide bonds. The van der Waals surface area contributed by atoms with Crippen LogP contribution in [0.2, 0.25) is 0 Å². The average molecular weight is 466 g/mol. The molecule has 2 aromatic carbocycles. The number of rotatable bonds is 10. The highest BCUT2D eigenvalue weighted by Gasteiger charge is 2.25. The van der Waals surface area contributed by atoms with Crippen molar-refractivity contribution in [2.45, 2.75) is 33.7 Å². The summed E-state index contributed by atoms with van der Waals surface area (Å²) in [4.78, 5) is 22.1. The van der Waals surface area contributed by atoms with Crippen LogP contribution in [0.1, 0.15) is 35.9 Å². The predicted molar refractivity (Wildman–Crippen MR) is 132 cm³/mol. The van der Waals surface area contributed by atoms with Crippen LogP contribution in [0.15, 0.2) is 43.0 Å². The van der Waals surface area contributed by atoms with Crippen molar-refractivity contribution < 1.29 is 13.6 Å². The lowest BCUT2D eigenvalue weighted by molar-refractivity contribution is -0.106. The molecule has 0 saturated carbocycles. The highest BCUT2D eigenvalue weighted by Crippen LogP contribution is 2.36. The summed E-state index contributed by atoms with van der Waals surface area (Å²) < 4.78 is 29.2. The minimum Gasteiger partial charge on any atom is -0.385 e. The Morgan fingerprint density at radius 3 is 2.47 bits per heavy atom. The summed E-state index contributed by atoms with van der Waals surface area (Å²) in [5.41, 5.74) is 4.07. The normalized spacial score (nSPS) is 10.8. The third kappa shape index (κ3) is 5.12.